The second-order valence-electron chi connectivity index (χ2n) is 3.99. The molecule has 0 aromatic carbocycles. The third-order valence-electron chi connectivity index (χ3n) is 2.58. The van der Waals surface area contributed by atoms with Gasteiger partial charge in [-0.1, -0.05) is 20.3 Å². The average molecular weight is 253 g/mol. The molecule has 18 heavy (non-hydrogen) atoms. The van der Waals surface area contributed by atoms with Crippen molar-refractivity contribution >= 4 is 11.9 Å². The highest BCUT2D eigenvalue weighted by atomic mass is 16.5. The quantitative estimate of drug-likeness (QED) is 0.740. The van der Waals surface area contributed by atoms with Crippen LogP contribution in [0.25, 0.3) is 0 Å². The van der Waals surface area contributed by atoms with Crippen LogP contribution in [0.4, 0.5) is 11.9 Å². The van der Waals surface area contributed by atoms with Gasteiger partial charge in [0.15, 0.2) is 0 Å². The van der Waals surface area contributed by atoms with E-state index in [0.29, 0.717) is 30.6 Å². The SMILES string of the molecule is CCCC(CC)Nc1nc(NC)nc(OCC)n1. The molecule has 0 fully saturated rings. The van der Waals surface area contributed by atoms with Gasteiger partial charge in [0.2, 0.25) is 11.9 Å². The summed E-state index contributed by atoms with van der Waals surface area (Å²) < 4.78 is 5.32. The van der Waals surface area contributed by atoms with E-state index in [1.54, 1.807) is 7.05 Å². The Morgan fingerprint density at radius 3 is 2.39 bits per heavy atom. The lowest BCUT2D eigenvalue weighted by molar-refractivity contribution is 0.312. The van der Waals surface area contributed by atoms with Crippen LogP contribution >= 0.6 is 0 Å². The molecule has 0 spiro atoms. The predicted molar refractivity (Wildman–Crippen MR) is 73.2 cm³/mol. The summed E-state index contributed by atoms with van der Waals surface area (Å²) in [4.78, 5) is 12.7. The summed E-state index contributed by atoms with van der Waals surface area (Å²) in [7, 11) is 1.78. The fourth-order valence-corrected chi connectivity index (χ4v) is 1.64. The monoisotopic (exact) mass is 253 g/mol. The van der Waals surface area contributed by atoms with Gasteiger partial charge < -0.3 is 15.4 Å². The average Bonchev–Trinajstić information content (AvgIpc) is 2.38. The zero-order valence-corrected chi connectivity index (χ0v) is 11.7. The molecular formula is C12H23N5O. The Hall–Kier alpha value is -1.59. The number of hydrogen-bond acceptors (Lipinski definition) is 6. The van der Waals surface area contributed by atoms with Crippen molar-refractivity contribution in [3.8, 4) is 6.01 Å². The van der Waals surface area contributed by atoms with Gasteiger partial charge in [0, 0.05) is 13.1 Å². The molecular weight excluding hydrogens is 230 g/mol. The lowest BCUT2D eigenvalue weighted by Gasteiger charge is -2.16. The molecule has 0 aliphatic heterocycles. The lowest BCUT2D eigenvalue weighted by Crippen LogP contribution is -2.20. The Morgan fingerprint density at radius 1 is 1.11 bits per heavy atom. The normalized spacial score (nSPS) is 12.0. The van der Waals surface area contributed by atoms with Crippen LogP contribution < -0.4 is 15.4 Å². The van der Waals surface area contributed by atoms with Gasteiger partial charge in [-0.25, -0.2) is 0 Å². The van der Waals surface area contributed by atoms with Crippen LogP contribution in [-0.2, 0) is 0 Å². The number of aromatic nitrogens is 3. The van der Waals surface area contributed by atoms with Gasteiger partial charge in [0.1, 0.15) is 0 Å². The maximum absolute atomic E-state index is 5.32. The molecule has 0 amide bonds. The molecule has 1 aromatic rings. The van der Waals surface area contributed by atoms with Gasteiger partial charge in [-0.15, -0.1) is 0 Å². The van der Waals surface area contributed by atoms with E-state index < -0.39 is 0 Å². The summed E-state index contributed by atoms with van der Waals surface area (Å²) in [5.41, 5.74) is 0. The van der Waals surface area contributed by atoms with E-state index in [2.05, 4.69) is 39.4 Å². The third kappa shape index (κ3) is 4.35. The molecule has 0 radical (unpaired) electrons. The number of nitrogens with one attached hydrogen (secondary N) is 2. The van der Waals surface area contributed by atoms with Gasteiger partial charge in [-0.2, -0.15) is 15.0 Å². The Balaban J connectivity index is 2.82. The van der Waals surface area contributed by atoms with E-state index in [4.69, 9.17) is 4.74 Å². The van der Waals surface area contributed by atoms with E-state index in [9.17, 15) is 0 Å². The second kappa shape index (κ2) is 7.68. The summed E-state index contributed by atoms with van der Waals surface area (Å²) >= 11 is 0. The van der Waals surface area contributed by atoms with Gasteiger partial charge >= 0.3 is 6.01 Å². The molecule has 1 unspecified atom stereocenters. The van der Waals surface area contributed by atoms with E-state index in [0.717, 1.165) is 19.3 Å². The summed E-state index contributed by atoms with van der Waals surface area (Å²) in [5, 5.41) is 6.23. The zero-order valence-electron chi connectivity index (χ0n) is 11.7. The van der Waals surface area contributed by atoms with E-state index in [-0.39, 0.29) is 0 Å². The zero-order chi connectivity index (χ0) is 13.4. The van der Waals surface area contributed by atoms with Crippen LogP contribution in [-0.4, -0.2) is 34.6 Å². The van der Waals surface area contributed by atoms with Gasteiger partial charge in [0.25, 0.3) is 0 Å². The molecule has 0 aliphatic rings. The van der Waals surface area contributed by atoms with E-state index in [1.807, 2.05) is 6.92 Å². The van der Waals surface area contributed by atoms with Crippen LogP contribution in [0.2, 0.25) is 0 Å². The van der Waals surface area contributed by atoms with Gasteiger partial charge in [-0.3, -0.25) is 0 Å². The first kappa shape index (κ1) is 14.5. The minimum Gasteiger partial charge on any atom is -0.464 e. The van der Waals surface area contributed by atoms with Crippen molar-refractivity contribution in [3.05, 3.63) is 0 Å². The molecule has 1 atom stereocenters. The van der Waals surface area contributed by atoms with Crippen molar-refractivity contribution in [2.75, 3.05) is 24.3 Å². The summed E-state index contributed by atoms with van der Waals surface area (Å²) in [6, 6.07) is 0.738. The van der Waals surface area contributed by atoms with Gasteiger partial charge in [0.05, 0.1) is 6.61 Å². The van der Waals surface area contributed by atoms with E-state index >= 15 is 0 Å². The summed E-state index contributed by atoms with van der Waals surface area (Å²) in [5.74, 6) is 1.08. The number of anilines is 2. The standard InChI is InChI=1S/C12H23N5O/c1-5-8-9(6-2)14-11-15-10(13-4)16-12(17-11)18-7-3/h9H,5-8H2,1-4H3,(H2,13,14,15,16,17). The number of rotatable bonds is 8. The molecule has 2 N–H and O–H groups in total. The highest BCUT2D eigenvalue weighted by Gasteiger charge is 2.10. The van der Waals surface area contributed by atoms with Crippen LogP contribution in [0.5, 0.6) is 6.01 Å². The first-order chi connectivity index (χ1) is 8.73. The molecule has 1 heterocycles. The first-order valence-corrected chi connectivity index (χ1v) is 6.56. The molecule has 102 valence electrons. The van der Waals surface area contributed by atoms with Crippen molar-refractivity contribution in [3.63, 3.8) is 0 Å². The summed E-state index contributed by atoms with van der Waals surface area (Å²) in [6.45, 7) is 6.76. The Bertz CT molecular complexity index is 358. The Kier molecular flexibility index (Phi) is 6.18. The van der Waals surface area contributed by atoms with Crippen molar-refractivity contribution in [1.29, 1.82) is 0 Å². The number of nitrogens with zero attached hydrogens (tertiary/aromatic N) is 3. The van der Waals surface area contributed by atoms with Crippen molar-refractivity contribution in [2.45, 2.75) is 46.1 Å². The van der Waals surface area contributed by atoms with Crippen LogP contribution in [0.3, 0.4) is 0 Å². The topological polar surface area (TPSA) is 72.0 Å². The number of ether oxygens (including phenoxy) is 1. The molecule has 0 bridgehead atoms. The molecule has 0 saturated carbocycles. The van der Waals surface area contributed by atoms with Crippen LogP contribution in [0, 0.1) is 0 Å². The van der Waals surface area contributed by atoms with Crippen molar-refractivity contribution in [1.82, 2.24) is 15.0 Å². The highest BCUT2D eigenvalue weighted by Crippen LogP contribution is 2.14. The molecule has 0 saturated heterocycles. The predicted octanol–water partition coefficient (Wildman–Crippen LogP) is 2.30. The lowest BCUT2D eigenvalue weighted by atomic mass is 10.1. The molecule has 6 heteroatoms. The van der Waals surface area contributed by atoms with Gasteiger partial charge in [-0.05, 0) is 19.8 Å². The van der Waals surface area contributed by atoms with Crippen molar-refractivity contribution < 1.29 is 4.74 Å². The van der Waals surface area contributed by atoms with Crippen molar-refractivity contribution in [2.24, 2.45) is 0 Å². The fourth-order valence-electron chi connectivity index (χ4n) is 1.64. The summed E-state index contributed by atoms with van der Waals surface area (Å²) in [6.07, 6.45) is 3.27. The van der Waals surface area contributed by atoms with Crippen LogP contribution in [0.1, 0.15) is 40.0 Å². The molecule has 1 rings (SSSR count). The van der Waals surface area contributed by atoms with Crippen LogP contribution in [0.15, 0.2) is 0 Å². The maximum atomic E-state index is 5.32. The Labute approximate surface area is 109 Å². The molecule has 1 aromatic heterocycles. The first-order valence-electron chi connectivity index (χ1n) is 6.56. The smallest absolute Gasteiger partial charge is 0.323 e. The molecule has 0 aliphatic carbocycles. The number of hydrogen-bond donors (Lipinski definition) is 2. The Morgan fingerprint density at radius 2 is 1.83 bits per heavy atom. The molecule has 6 nitrogen and oxygen atoms in total. The van der Waals surface area contributed by atoms with E-state index in [1.165, 1.54) is 0 Å². The fraction of sp³-hybridized carbons (Fsp3) is 0.750. The minimum absolute atomic E-state index is 0.353. The highest BCUT2D eigenvalue weighted by molar-refractivity contribution is 5.36. The largest absolute Gasteiger partial charge is 0.464 e. The maximum Gasteiger partial charge on any atom is 0.323 e. The third-order valence-corrected chi connectivity index (χ3v) is 2.58. The minimum atomic E-state index is 0.353. The second-order valence-corrected chi connectivity index (χ2v) is 3.99.